The third-order valence-corrected chi connectivity index (χ3v) is 2.61. The summed E-state index contributed by atoms with van der Waals surface area (Å²) in [5.41, 5.74) is 0. The smallest absolute Gasteiger partial charge is 0.00678 e. The standard InChI is InChI=1S/C7H14IN/c8-5-1-3-7-4-2-6-9-7/h7,9H,1-6H2. The molecular formula is C7H14IN. The van der Waals surface area contributed by atoms with Gasteiger partial charge in [-0.3, -0.25) is 0 Å². The molecule has 54 valence electrons. The Kier molecular flexibility index (Phi) is 3.89. The van der Waals surface area contributed by atoms with Gasteiger partial charge in [0.1, 0.15) is 0 Å². The van der Waals surface area contributed by atoms with Crippen LogP contribution in [0.5, 0.6) is 0 Å². The fourth-order valence-electron chi connectivity index (χ4n) is 1.33. The molecule has 0 saturated carbocycles. The normalized spacial score (nSPS) is 27.0. The molecule has 9 heavy (non-hydrogen) atoms. The summed E-state index contributed by atoms with van der Waals surface area (Å²) in [6.07, 6.45) is 5.59. The van der Waals surface area contributed by atoms with Crippen LogP contribution in [0.15, 0.2) is 0 Å². The van der Waals surface area contributed by atoms with E-state index in [4.69, 9.17) is 0 Å². The van der Waals surface area contributed by atoms with E-state index >= 15 is 0 Å². The lowest BCUT2D eigenvalue weighted by molar-refractivity contribution is 0.555. The van der Waals surface area contributed by atoms with Crippen LogP contribution >= 0.6 is 22.6 Å². The van der Waals surface area contributed by atoms with Gasteiger partial charge in [-0.25, -0.2) is 0 Å². The second-order valence-electron chi connectivity index (χ2n) is 2.62. The van der Waals surface area contributed by atoms with Crippen molar-refractivity contribution in [1.29, 1.82) is 0 Å². The summed E-state index contributed by atoms with van der Waals surface area (Å²) in [5.74, 6) is 0. The molecule has 1 heterocycles. The Balaban J connectivity index is 1.98. The average Bonchev–Trinajstić information content (AvgIpc) is 2.34. The maximum absolute atomic E-state index is 3.49. The highest BCUT2D eigenvalue weighted by Gasteiger charge is 2.11. The van der Waals surface area contributed by atoms with Crippen LogP contribution in [-0.2, 0) is 0 Å². The first kappa shape index (κ1) is 7.79. The van der Waals surface area contributed by atoms with E-state index in [1.165, 1.54) is 36.7 Å². The Morgan fingerprint density at radius 2 is 2.44 bits per heavy atom. The second kappa shape index (κ2) is 4.50. The van der Waals surface area contributed by atoms with Crippen LogP contribution in [0.25, 0.3) is 0 Å². The molecule has 0 aromatic rings. The van der Waals surface area contributed by atoms with E-state index in [9.17, 15) is 0 Å². The molecule has 1 aliphatic heterocycles. The molecule has 0 amide bonds. The number of hydrogen-bond donors (Lipinski definition) is 1. The average molecular weight is 239 g/mol. The summed E-state index contributed by atoms with van der Waals surface area (Å²) in [5, 5.41) is 3.49. The maximum atomic E-state index is 3.49. The van der Waals surface area contributed by atoms with Crippen LogP contribution in [0.1, 0.15) is 25.7 Å². The lowest BCUT2D eigenvalue weighted by atomic mass is 10.1. The summed E-state index contributed by atoms with van der Waals surface area (Å²) >= 11 is 2.45. The van der Waals surface area contributed by atoms with Gasteiger partial charge in [0.15, 0.2) is 0 Å². The van der Waals surface area contributed by atoms with Gasteiger partial charge >= 0.3 is 0 Å². The van der Waals surface area contributed by atoms with Crippen LogP contribution in [0.4, 0.5) is 0 Å². The van der Waals surface area contributed by atoms with Crippen molar-refractivity contribution in [2.45, 2.75) is 31.7 Å². The van der Waals surface area contributed by atoms with Crippen molar-refractivity contribution in [3.63, 3.8) is 0 Å². The molecule has 0 aliphatic carbocycles. The first-order valence-corrected chi connectivity index (χ1v) is 5.25. The van der Waals surface area contributed by atoms with Gasteiger partial charge in [-0.2, -0.15) is 0 Å². The van der Waals surface area contributed by atoms with Gasteiger partial charge < -0.3 is 5.32 Å². The Labute approximate surface area is 70.7 Å². The molecule has 0 spiro atoms. The largest absolute Gasteiger partial charge is 0.314 e. The van der Waals surface area contributed by atoms with E-state index < -0.39 is 0 Å². The van der Waals surface area contributed by atoms with E-state index in [1.54, 1.807) is 0 Å². The first-order chi connectivity index (χ1) is 4.43. The summed E-state index contributed by atoms with van der Waals surface area (Å²) in [6, 6.07) is 0.861. The van der Waals surface area contributed by atoms with Crippen LogP contribution in [0.2, 0.25) is 0 Å². The molecule has 0 aromatic heterocycles. The predicted octanol–water partition coefficient (Wildman–Crippen LogP) is 1.95. The van der Waals surface area contributed by atoms with Gasteiger partial charge in [-0.1, -0.05) is 22.6 Å². The van der Waals surface area contributed by atoms with E-state index in [1.807, 2.05) is 0 Å². The third kappa shape index (κ3) is 2.85. The van der Waals surface area contributed by atoms with Crippen LogP contribution in [0.3, 0.4) is 0 Å². The highest BCUT2D eigenvalue weighted by Crippen LogP contribution is 2.10. The van der Waals surface area contributed by atoms with Gasteiger partial charge in [0.25, 0.3) is 0 Å². The Morgan fingerprint density at radius 1 is 1.56 bits per heavy atom. The van der Waals surface area contributed by atoms with Crippen molar-refractivity contribution in [2.75, 3.05) is 11.0 Å². The van der Waals surface area contributed by atoms with E-state index in [-0.39, 0.29) is 0 Å². The zero-order valence-corrected chi connectivity index (χ0v) is 7.86. The molecule has 1 unspecified atom stereocenters. The molecule has 1 atom stereocenters. The second-order valence-corrected chi connectivity index (χ2v) is 3.70. The van der Waals surface area contributed by atoms with Crippen molar-refractivity contribution in [3.8, 4) is 0 Å². The fourth-order valence-corrected chi connectivity index (χ4v) is 1.77. The van der Waals surface area contributed by atoms with Crippen molar-refractivity contribution >= 4 is 22.6 Å². The molecule has 2 heteroatoms. The first-order valence-electron chi connectivity index (χ1n) is 3.73. The van der Waals surface area contributed by atoms with Crippen LogP contribution in [0, 0.1) is 0 Å². The Hall–Kier alpha value is 0.690. The fraction of sp³-hybridized carbons (Fsp3) is 1.00. The Morgan fingerprint density at radius 3 is 3.00 bits per heavy atom. The minimum absolute atomic E-state index is 0.861. The lowest BCUT2D eigenvalue weighted by Gasteiger charge is -2.06. The van der Waals surface area contributed by atoms with Crippen molar-refractivity contribution in [3.05, 3.63) is 0 Å². The molecule has 1 N–H and O–H groups in total. The molecule has 1 aliphatic rings. The van der Waals surface area contributed by atoms with Gasteiger partial charge in [-0.15, -0.1) is 0 Å². The lowest BCUT2D eigenvalue weighted by Crippen LogP contribution is -2.20. The van der Waals surface area contributed by atoms with Crippen molar-refractivity contribution in [2.24, 2.45) is 0 Å². The molecule has 1 fully saturated rings. The highest BCUT2D eigenvalue weighted by molar-refractivity contribution is 14.1. The number of hydrogen-bond acceptors (Lipinski definition) is 1. The zero-order valence-electron chi connectivity index (χ0n) is 5.70. The van der Waals surface area contributed by atoms with Gasteiger partial charge in [0, 0.05) is 6.04 Å². The van der Waals surface area contributed by atoms with Crippen LogP contribution < -0.4 is 5.32 Å². The summed E-state index contributed by atoms with van der Waals surface area (Å²) in [4.78, 5) is 0. The number of alkyl halides is 1. The molecular weight excluding hydrogens is 225 g/mol. The topological polar surface area (TPSA) is 12.0 Å². The maximum Gasteiger partial charge on any atom is 0.00678 e. The molecule has 1 nitrogen and oxygen atoms in total. The van der Waals surface area contributed by atoms with E-state index in [2.05, 4.69) is 27.9 Å². The monoisotopic (exact) mass is 239 g/mol. The summed E-state index contributed by atoms with van der Waals surface area (Å²) in [6.45, 7) is 1.26. The summed E-state index contributed by atoms with van der Waals surface area (Å²) < 4.78 is 1.32. The third-order valence-electron chi connectivity index (χ3n) is 1.85. The molecule has 0 bridgehead atoms. The molecule has 1 rings (SSSR count). The van der Waals surface area contributed by atoms with E-state index in [0.717, 1.165) is 6.04 Å². The quantitative estimate of drug-likeness (QED) is 0.586. The van der Waals surface area contributed by atoms with Gasteiger partial charge in [-0.05, 0) is 36.7 Å². The minimum Gasteiger partial charge on any atom is -0.314 e. The molecule has 0 radical (unpaired) electrons. The summed E-state index contributed by atoms with van der Waals surface area (Å²) in [7, 11) is 0. The van der Waals surface area contributed by atoms with Crippen molar-refractivity contribution in [1.82, 2.24) is 5.32 Å². The minimum atomic E-state index is 0.861. The zero-order chi connectivity index (χ0) is 6.53. The predicted molar refractivity (Wildman–Crippen MR) is 49.1 cm³/mol. The van der Waals surface area contributed by atoms with E-state index in [0.29, 0.717) is 0 Å². The molecule has 0 aromatic carbocycles. The van der Waals surface area contributed by atoms with Gasteiger partial charge in [0.2, 0.25) is 0 Å². The molecule has 1 saturated heterocycles. The van der Waals surface area contributed by atoms with Crippen molar-refractivity contribution < 1.29 is 0 Å². The number of nitrogens with one attached hydrogen (secondary N) is 1. The highest BCUT2D eigenvalue weighted by atomic mass is 127. The van der Waals surface area contributed by atoms with Crippen LogP contribution in [-0.4, -0.2) is 17.0 Å². The van der Waals surface area contributed by atoms with Gasteiger partial charge in [0.05, 0.1) is 0 Å². The number of halogens is 1. The Bertz CT molecular complexity index is 69.3. The number of rotatable bonds is 3. The SMILES string of the molecule is ICCCC1CCCN1.